The van der Waals surface area contributed by atoms with Gasteiger partial charge in [0.1, 0.15) is 0 Å². The van der Waals surface area contributed by atoms with Crippen LogP contribution in [0.2, 0.25) is 0 Å². The van der Waals surface area contributed by atoms with Crippen LogP contribution in [0.25, 0.3) is 10.8 Å². The first-order valence-corrected chi connectivity index (χ1v) is 5.41. The number of aryl methyl sites for hydroxylation is 1. The van der Waals surface area contributed by atoms with Gasteiger partial charge in [0, 0.05) is 0 Å². The third-order valence-electron chi connectivity index (χ3n) is 2.65. The first-order valence-electron chi connectivity index (χ1n) is 5.41. The third kappa shape index (κ3) is 2.37. The zero-order valence-corrected chi connectivity index (χ0v) is 9.02. The Balaban J connectivity index is 2.23. The summed E-state index contributed by atoms with van der Waals surface area (Å²) < 4.78 is 0. The van der Waals surface area contributed by atoms with Crippen molar-refractivity contribution >= 4 is 17.1 Å². The van der Waals surface area contributed by atoms with Crippen molar-refractivity contribution in [2.75, 3.05) is 0 Å². The number of rotatable bonds is 4. The average molecular weight is 209 g/mol. The Morgan fingerprint density at radius 3 is 2.75 bits per heavy atom. The Morgan fingerprint density at radius 2 is 1.88 bits per heavy atom. The molecule has 1 heteroatoms. The van der Waals surface area contributed by atoms with Crippen molar-refractivity contribution < 1.29 is 4.79 Å². The Labute approximate surface area is 95.4 Å². The molecule has 0 atom stereocenters. The largest absolute Gasteiger partial charge is 0.286 e. The topological polar surface area (TPSA) is 17.1 Å². The van der Waals surface area contributed by atoms with E-state index in [1.807, 2.05) is 12.1 Å². The van der Waals surface area contributed by atoms with Gasteiger partial charge < -0.3 is 0 Å². The molecule has 1 nitrogen and oxygen atoms in total. The summed E-state index contributed by atoms with van der Waals surface area (Å²) in [6.07, 6.45) is 6.89. The molecule has 0 bridgehead atoms. The molecule has 0 heterocycles. The van der Waals surface area contributed by atoms with Crippen molar-refractivity contribution in [2.45, 2.75) is 12.8 Å². The molecule has 0 saturated carbocycles. The Morgan fingerprint density at radius 1 is 1.06 bits per heavy atom. The number of hydrogen-bond donors (Lipinski definition) is 0. The van der Waals surface area contributed by atoms with E-state index >= 15 is 0 Å². The van der Waals surface area contributed by atoms with Gasteiger partial charge in [-0.05, 0) is 35.3 Å². The van der Waals surface area contributed by atoms with Gasteiger partial charge in [0.15, 0.2) is 0 Å². The normalized spacial score (nSPS) is 11.0. The van der Waals surface area contributed by atoms with E-state index in [-0.39, 0.29) is 0 Å². The number of fused-ring (bicyclic) bond motifs is 1. The minimum atomic E-state index is 0.878. The summed E-state index contributed by atoms with van der Waals surface area (Å²) >= 11 is 0. The molecular formula is C15H13O. The van der Waals surface area contributed by atoms with E-state index in [1.165, 1.54) is 22.4 Å². The van der Waals surface area contributed by atoms with Crippen LogP contribution in [-0.4, -0.2) is 6.29 Å². The van der Waals surface area contributed by atoms with Gasteiger partial charge in [0.25, 0.3) is 0 Å². The maximum absolute atomic E-state index is 10.0. The highest BCUT2D eigenvalue weighted by atomic mass is 16.1. The zero-order chi connectivity index (χ0) is 11.2. The Kier molecular flexibility index (Phi) is 3.50. The summed E-state index contributed by atoms with van der Waals surface area (Å²) in [6.45, 7) is 0. The zero-order valence-electron chi connectivity index (χ0n) is 9.02. The quantitative estimate of drug-likeness (QED) is 0.705. The minimum Gasteiger partial charge on any atom is -0.286 e. The second kappa shape index (κ2) is 5.26. The molecule has 0 aromatic heterocycles. The van der Waals surface area contributed by atoms with Gasteiger partial charge in [-0.3, -0.25) is 4.79 Å². The van der Waals surface area contributed by atoms with Crippen LogP contribution in [0.5, 0.6) is 0 Å². The second-order valence-electron chi connectivity index (χ2n) is 3.70. The summed E-state index contributed by atoms with van der Waals surface area (Å²) in [5, 5.41) is 2.57. The molecule has 2 rings (SSSR count). The molecule has 0 saturated heterocycles. The molecule has 79 valence electrons. The standard InChI is InChI=1S/C15H13O/c16-12-5-1-2-7-13-9-6-10-14-8-3-4-11-15(13)14/h1,3-6,8-11H,2,7H2. The van der Waals surface area contributed by atoms with Crippen LogP contribution in [0.4, 0.5) is 0 Å². The molecule has 0 amide bonds. The summed E-state index contributed by atoms with van der Waals surface area (Å²) in [7, 11) is 0. The van der Waals surface area contributed by atoms with Crippen LogP contribution in [-0.2, 0) is 11.2 Å². The molecule has 0 aliphatic heterocycles. The van der Waals surface area contributed by atoms with Crippen LogP contribution >= 0.6 is 0 Å². The molecule has 2 aromatic rings. The van der Waals surface area contributed by atoms with E-state index in [9.17, 15) is 4.79 Å². The fourth-order valence-electron chi connectivity index (χ4n) is 1.88. The summed E-state index contributed by atoms with van der Waals surface area (Å²) in [6, 6.07) is 14.7. The molecular weight excluding hydrogens is 196 g/mol. The molecule has 0 fully saturated rings. The number of hydrogen-bond acceptors (Lipinski definition) is 1. The molecule has 2 aromatic carbocycles. The fraction of sp³-hybridized carbons (Fsp3) is 0.133. The SMILES string of the molecule is O=[C]C=CCCc1cccc2ccccc12. The molecule has 0 unspecified atom stereocenters. The van der Waals surface area contributed by atoms with Gasteiger partial charge in [0.05, 0.1) is 0 Å². The van der Waals surface area contributed by atoms with Crippen molar-refractivity contribution in [1.29, 1.82) is 0 Å². The predicted octanol–water partition coefficient (Wildman–Crippen LogP) is 3.44. The molecule has 0 spiro atoms. The maximum Gasteiger partial charge on any atom is 0.225 e. The summed E-state index contributed by atoms with van der Waals surface area (Å²) in [5.74, 6) is 0. The first-order chi connectivity index (χ1) is 7.92. The van der Waals surface area contributed by atoms with Crippen LogP contribution in [0.15, 0.2) is 54.6 Å². The molecule has 0 N–H and O–H groups in total. The molecule has 0 aliphatic carbocycles. The lowest BCUT2D eigenvalue weighted by molar-refractivity contribution is 0.564. The van der Waals surface area contributed by atoms with Crippen LogP contribution < -0.4 is 0 Å². The lowest BCUT2D eigenvalue weighted by atomic mass is 10.0. The van der Waals surface area contributed by atoms with Gasteiger partial charge in [-0.15, -0.1) is 0 Å². The van der Waals surface area contributed by atoms with Gasteiger partial charge in [-0.2, -0.15) is 0 Å². The third-order valence-corrected chi connectivity index (χ3v) is 2.65. The van der Waals surface area contributed by atoms with Gasteiger partial charge >= 0.3 is 0 Å². The molecule has 0 aliphatic rings. The van der Waals surface area contributed by atoms with Crippen molar-refractivity contribution in [3.63, 3.8) is 0 Å². The Hall–Kier alpha value is -1.89. The lowest BCUT2D eigenvalue weighted by Gasteiger charge is -2.04. The highest BCUT2D eigenvalue weighted by Crippen LogP contribution is 2.19. The monoisotopic (exact) mass is 209 g/mol. The van der Waals surface area contributed by atoms with Crippen LogP contribution in [0.1, 0.15) is 12.0 Å². The van der Waals surface area contributed by atoms with Crippen molar-refractivity contribution in [3.8, 4) is 0 Å². The van der Waals surface area contributed by atoms with E-state index < -0.39 is 0 Å². The first kappa shape index (κ1) is 10.6. The minimum absolute atomic E-state index is 0.878. The van der Waals surface area contributed by atoms with E-state index in [2.05, 4.69) is 36.4 Å². The average Bonchev–Trinajstić information content (AvgIpc) is 2.35. The van der Waals surface area contributed by atoms with Gasteiger partial charge in [-0.25, -0.2) is 0 Å². The van der Waals surface area contributed by atoms with Gasteiger partial charge in [-0.1, -0.05) is 48.5 Å². The summed E-state index contributed by atoms with van der Waals surface area (Å²) in [4.78, 5) is 10.0. The van der Waals surface area contributed by atoms with Crippen LogP contribution in [0.3, 0.4) is 0 Å². The number of benzene rings is 2. The van der Waals surface area contributed by atoms with Gasteiger partial charge in [0.2, 0.25) is 6.29 Å². The van der Waals surface area contributed by atoms with E-state index in [0.717, 1.165) is 12.8 Å². The maximum atomic E-state index is 10.0. The second-order valence-corrected chi connectivity index (χ2v) is 3.70. The smallest absolute Gasteiger partial charge is 0.225 e. The highest BCUT2D eigenvalue weighted by molar-refractivity contribution is 5.85. The van der Waals surface area contributed by atoms with E-state index in [1.54, 1.807) is 6.29 Å². The van der Waals surface area contributed by atoms with Crippen molar-refractivity contribution in [3.05, 3.63) is 60.2 Å². The Bertz CT molecular complexity index is 506. The van der Waals surface area contributed by atoms with E-state index in [4.69, 9.17) is 0 Å². The number of allylic oxidation sites excluding steroid dienone is 2. The number of carbonyl (C=O) groups excluding carboxylic acids is 1. The van der Waals surface area contributed by atoms with Crippen molar-refractivity contribution in [1.82, 2.24) is 0 Å². The lowest BCUT2D eigenvalue weighted by Crippen LogP contribution is -1.85. The fourth-order valence-corrected chi connectivity index (χ4v) is 1.88. The van der Waals surface area contributed by atoms with Crippen molar-refractivity contribution in [2.24, 2.45) is 0 Å². The van der Waals surface area contributed by atoms with Crippen LogP contribution in [0, 0.1) is 0 Å². The van der Waals surface area contributed by atoms with E-state index in [0.29, 0.717) is 0 Å². The molecule has 16 heavy (non-hydrogen) atoms. The predicted molar refractivity (Wildman–Crippen MR) is 67.1 cm³/mol. The highest BCUT2D eigenvalue weighted by Gasteiger charge is 1.98. The summed E-state index contributed by atoms with van der Waals surface area (Å²) in [5.41, 5.74) is 1.33. The molecule has 1 radical (unpaired) electrons.